The molecule has 0 aliphatic rings. The molecule has 0 fully saturated rings. The van der Waals surface area contributed by atoms with Crippen molar-refractivity contribution in [1.29, 1.82) is 0 Å². The second kappa shape index (κ2) is 8.32. The van der Waals surface area contributed by atoms with Gasteiger partial charge >= 0.3 is 0 Å². The molecule has 4 aromatic rings. The van der Waals surface area contributed by atoms with Crippen LogP contribution in [0.1, 0.15) is 23.4 Å². The van der Waals surface area contributed by atoms with Crippen LogP contribution in [-0.4, -0.2) is 32.5 Å². The van der Waals surface area contributed by atoms with E-state index >= 15 is 0 Å². The van der Waals surface area contributed by atoms with Crippen molar-refractivity contribution in [3.63, 3.8) is 0 Å². The van der Waals surface area contributed by atoms with Crippen molar-refractivity contribution >= 4 is 28.7 Å². The topological polar surface area (TPSA) is 75.4 Å². The largest absolute Gasteiger partial charge is 0.343 e. The van der Waals surface area contributed by atoms with Gasteiger partial charge in [-0.1, -0.05) is 30.3 Å². The molecule has 0 aliphatic carbocycles. The Morgan fingerprint density at radius 3 is 2.60 bits per heavy atom. The molecule has 0 aliphatic heterocycles. The van der Waals surface area contributed by atoms with E-state index in [1.54, 1.807) is 4.52 Å². The molecule has 0 radical (unpaired) electrons. The highest BCUT2D eigenvalue weighted by Gasteiger charge is 2.14. The Morgan fingerprint density at radius 2 is 1.80 bits per heavy atom. The first-order valence-electron chi connectivity index (χ1n) is 9.88. The van der Waals surface area contributed by atoms with E-state index in [4.69, 9.17) is 0 Å². The fourth-order valence-electron chi connectivity index (χ4n) is 3.63. The molecular formula is C23H24N6O. The lowest BCUT2D eigenvalue weighted by Gasteiger charge is -2.22. The first-order chi connectivity index (χ1) is 14.5. The molecule has 4 rings (SSSR count). The zero-order valence-electron chi connectivity index (χ0n) is 17.3. The van der Waals surface area contributed by atoms with Gasteiger partial charge in [0.15, 0.2) is 0 Å². The van der Waals surface area contributed by atoms with Crippen molar-refractivity contribution in [2.24, 2.45) is 0 Å². The molecule has 0 unspecified atom stereocenters. The lowest BCUT2D eigenvalue weighted by atomic mass is 10.1. The van der Waals surface area contributed by atoms with Crippen LogP contribution in [0.5, 0.6) is 0 Å². The number of rotatable bonds is 6. The summed E-state index contributed by atoms with van der Waals surface area (Å²) >= 11 is 0. The van der Waals surface area contributed by atoms with Gasteiger partial charge in [-0.2, -0.15) is 10.1 Å². The standard InChI is InChI=1S/C23H24N6O/c1-16-19(17(2)29-23(26-16)24-15-25-29)13-14-22(30)27-20-11-7-8-12-21(20)28(3)18-9-5-4-6-10-18/h4-12,15H,13-14H2,1-3H3,(H,27,30). The Morgan fingerprint density at radius 1 is 1.07 bits per heavy atom. The number of amides is 1. The summed E-state index contributed by atoms with van der Waals surface area (Å²) in [5.41, 5.74) is 5.65. The highest BCUT2D eigenvalue weighted by atomic mass is 16.1. The van der Waals surface area contributed by atoms with E-state index < -0.39 is 0 Å². The van der Waals surface area contributed by atoms with E-state index in [-0.39, 0.29) is 5.91 Å². The molecule has 7 heteroatoms. The van der Waals surface area contributed by atoms with Crippen molar-refractivity contribution in [3.8, 4) is 0 Å². The van der Waals surface area contributed by atoms with Crippen LogP contribution < -0.4 is 10.2 Å². The van der Waals surface area contributed by atoms with Crippen molar-refractivity contribution in [2.45, 2.75) is 26.7 Å². The van der Waals surface area contributed by atoms with E-state index in [1.807, 2.05) is 75.5 Å². The van der Waals surface area contributed by atoms with Crippen LogP contribution >= 0.6 is 0 Å². The highest BCUT2D eigenvalue weighted by molar-refractivity contribution is 5.95. The number of benzene rings is 2. The molecule has 2 aromatic heterocycles. The van der Waals surface area contributed by atoms with Gasteiger partial charge in [0.05, 0.1) is 11.4 Å². The molecule has 2 aromatic carbocycles. The fourth-order valence-corrected chi connectivity index (χ4v) is 3.63. The number of nitrogens with zero attached hydrogens (tertiary/aromatic N) is 5. The molecule has 30 heavy (non-hydrogen) atoms. The lowest BCUT2D eigenvalue weighted by molar-refractivity contribution is -0.116. The molecule has 152 valence electrons. The maximum absolute atomic E-state index is 12.7. The van der Waals surface area contributed by atoms with Gasteiger partial charge in [-0.15, -0.1) is 0 Å². The number of anilines is 3. The molecule has 0 spiro atoms. The van der Waals surface area contributed by atoms with Gasteiger partial charge in [0, 0.05) is 30.5 Å². The van der Waals surface area contributed by atoms with E-state index in [9.17, 15) is 4.79 Å². The highest BCUT2D eigenvalue weighted by Crippen LogP contribution is 2.30. The number of para-hydroxylation sites is 3. The van der Waals surface area contributed by atoms with E-state index in [1.165, 1.54) is 6.33 Å². The van der Waals surface area contributed by atoms with Gasteiger partial charge in [0.1, 0.15) is 6.33 Å². The van der Waals surface area contributed by atoms with Crippen molar-refractivity contribution in [3.05, 3.63) is 77.9 Å². The van der Waals surface area contributed by atoms with Crippen molar-refractivity contribution in [1.82, 2.24) is 19.6 Å². The van der Waals surface area contributed by atoms with Gasteiger partial charge in [-0.3, -0.25) is 4.79 Å². The Balaban J connectivity index is 1.49. The quantitative estimate of drug-likeness (QED) is 0.528. The van der Waals surface area contributed by atoms with Gasteiger partial charge < -0.3 is 10.2 Å². The van der Waals surface area contributed by atoms with Crippen LogP contribution in [0.15, 0.2) is 60.9 Å². The van der Waals surface area contributed by atoms with Gasteiger partial charge in [-0.05, 0) is 50.1 Å². The number of carbonyl (C=O) groups is 1. The monoisotopic (exact) mass is 400 g/mol. The molecule has 0 bridgehead atoms. The predicted octanol–water partition coefficient (Wildman–Crippen LogP) is 4.08. The SMILES string of the molecule is Cc1nc2ncnn2c(C)c1CCC(=O)Nc1ccccc1N(C)c1ccccc1. The van der Waals surface area contributed by atoms with Crippen LogP contribution in [0, 0.1) is 13.8 Å². The Bertz CT molecular complexity index is 1190. The zero-order valence-corrected chi connectivity index (χ0v) is 17.3. The number of carbonyl (C=O) groups excluding carboxylic acids is 1. The molecule has 1 amide bonds. The van der Waals surface area contributed by atoms with Crippen molar-refractivity contribution in [2.75, 3.05) is 17.3 Å². The molecule has 0 atom stereocenters. The number of nitrogens with one attached hydrogen (secondary N) is 1. The second-order valence-electron chi connectivity index (χ2n) is 7.19. The number of fused-ring (bicyclic) bond motifs is 1. The first kappa shape index (κ1) is 19.6. The summed E-state index contributed by atoms with van der Waals surface area (Å²) in [6, 6.07) is 17.9. The molecule has 1 N–H and O–H groups in total. The third-order valence-electron chi connectivity index (χ3n) is 5.27. The Hall–Kier alpha value is -3.74. The summed E-state index contributed by atoms with van der Waals surface area (Å²) in [6.45, 7) is 3.92. The van der Waals surface area contributed by atoms with Gasteiger partial charge in [0.2, 0.25) is 5.91 Å². The van der Waals surface area contributed by atoms with Crippen LogP contribution in [0.2, 0.25) is 0 Å². The summed E-state index contributed by atoms with van der Waals surface area (Å²) in [7, 11) is 1.99. The maximum Gasteiger partial charge on any atom is 0.252 e. The number of hydrogen-bond donors (Lipinski definition) is 1. The van der Waals surface area contributed by atoms with Crippen LogP contribution in [0.3, 0.4) is 0 Å². The molecular weight excluding hydrogens is 376 g/mol. The fraction of sp³-hybridized carbons (Fsp3) is 0.217. The summed E-state index contributed by atoms with van der Waals surface area (Å²) in [6.07, 6.45) is 2.43. The average molecular weight is 400 g/mol. The minimum absolute atomic E-state index is 0.0404. The minimum atomic E-state index is -0.0404. The molecule has 7 nitrogen and oxygen atoms in total. The predicted molar refractivity (Wildman–Crippen MR) is 118 cm³/mol. The summed E-state index contributed by atoms with van der Waals surface area (Å²) in [5, 5.41) is 7.28. The lowest BCUT2D eigenvalue weighted by Crippen LogP contribution is -2.17. The third kappa shape index (κ3) is 3.87. The minimum Gasteiger partial charge on any atom is -0.343 e. The van der Waals surface area contributed by atoms with E-state index in [0.717, 1.165) is 34.0 Å². The number of aromatic nitrogens is 4. The van der Waals surface area contributed by atoms with Crippen LogP contribution in [0.25, 0.3) is 5.78 Å². The van der Waals surface area contributed by atoms with Crippen LogP contribution in [-0.2, 0) is 11.2 Å². The summed E-state index contributed by atoms with van der Waals surface area (Å²) in [5.74, 6) is 0.539. The maximum atomic E-state index is 12.7. The first-order valence-corrected chi connectivity index (χ1v) is 9.88. The number of hydrogen-bond acceptors (Lipinski definition) is 5. The van der Waals surface area contributed by atoms with Gasteiger partial charge in [-0.25, -0.2) is 9.50 Å². The summed E-state index contributed by atoms with van der Waals surface area (Å²) in [4.78, 5) is 23.4. The van der Waals surface area contributed by atoms with Gasteiger partial charge in [0.25, 0.3) is 5.78 Å². The smallest absolute Gasteiger partial charge is 0.252 e. The average Bonchev–Trinajstić information content (AvgIpc) is 3.23. The molecule has 2 heterocycles. The van der Waals surface area contributed by atoms with Crippen LogP contribution in [0.4, 0.5) is 17.1 Å². The Kier molecular flexibility index (Phi) is 5.43. The zero-order chi connectivity index (χ0) is 21.1. The number of aryl methyl sites for hydroxylation is 2. The third-order valence-corrected chi connectivity index (χ3v) is 5.27. The van der Waals surface area contributed by atoms with E-state index in [2.05, 4.69) is 25.3 Å². The Labute approximate surface area is 175 Å². The normalized spacial score (nSPS) is 10.9. The second-order valence-corrected chi connectivity index (χ2v) is 7.19. The van der Waals surface area contributed by atoms with Crippen molar-refractivity contribution < 1.29 is 4.79 Å². The molecule has 0 saturated heterocycles. The van der Waals surface area contributed by atoms with E-state index in [0.29, 0.717) is 18.6 Å². The molecule has 0 saturated carbocycles. The summed E-state index contributed by atoms with van der Waals surface area (Å²) < 4.78 is 1.71.